The van der Waals surface area contributed by atoms with Crippen LogP contribution in [0.3, 0.4) is 0 Å². The topological polar surface area (TPSA) is 46.0 Å². The SMILES string of the molecule is Oc1cccc(-c2n[c]ccn2)c1. The molecule has 0 aliphatic heterocycles. The number of benzene rings is 1. The third kappa shape index (κ3) is 1.64. The average Bonchev–Trinajstić information content (AvgIpc) is 2.19. The fourth-order valence-corrected chi connectivity index (χ4v) is 1.05. The molecule has 0 unspecified atom stereocenters. The summed E-state index contributed by atoms with van der Waals surface area (Å²) < 4.78 is 0. The Kier molecular flexibility index (Phi) is 1.92. The Bertz CT molecular complexity index is 401. The highest BCUT2D eigenvalue weighted by molar-refractivity contribution is 5.56. The molecule has 0 bridgehead atoms. The van der Waals surface area contributed by atoms with Gasteiger partial charge in [0.25, 0.3) is 0 Å². The predicted octanol–water partition coefficient (Wildman–Crippen LogP) is 1.65. The first-order valence-electron chi connectivity index (χ1n) is 3.85. The van der Waals surface area contributed by atoms with E-state index in [4.69, 9.17) is 0 Å². The zero-order valence-electron chi connectivity index (χ0n) is 6.81. The van der Waals surface area contributed by atoms with Gasteiger partial charge in [0.15, 0.2) is 5.82 Å². The highest BCUT2D eigenvalue weighted by Crippen LogP contribution is 2.18. The van der Waals surface area contributed by atoms with Gasteiger partial charge in [0.05, 0.1) is 6.20 Å². The van der Waals surface area contributed by atoms with Crippen LogP contribution in [0.5, 0.6) is 5.75 Å². The van der Waals surface area contributed by atoms with E-state index in [1.807, 2.05) is 6.07 Å². The van der Waals surface area contributed by atoms with Crippen molar-refractivity contribution in [3.05, 3.63) is 42.7 Å². The van der Waals surface area contributed by atoms with Gasteiger partial charge in [-0.2, -0.15) is 0 Å². The molecule has 0 atom stereocenters. The van der Waals surface area contributed by atoms with Crippen molar-refractivity contribution in [2.24, 2.45) is 0 Å². The third-order valence-electron chi connectivity index (χ3n) is 1.62. The van der Waals surface area contributed by atoms with E-state index in [2.05, 4.69) is 16.2 Å². The molecule has 1 aromatic carbocycles. The summed E-state index contributed by atoms with van der Waals surface area (Å²) in [6.45, 7) is 0. The van der Waals surface area contributed by atoms with Gasteiger partial charge in [-0.25, -0.2) is 9.97 Å². The molecular formula is C10H7N2O. The largest absolute Gasteiger partial charge is 0.508 e. The van der Waals surface area contributed by atoms with Crippen molar-refractivity contribution in [1.82, 2.24) is 9.97 Å². The summed E-state index contributed by atoms with van der Waals surface area (Å²) in [5.74, 6) is 0.781. The van der Waals surface area contributed by atoms with Gasteiger partial charge in [-0.05, 0) is 18.2 Å². The van der Waals surface area contributed by atoms with Gasteiger partial charge >= 0.3 is 0 Å². The average molecular weight is 171 g/mol. The van der Waals surface area contributed by atoms with Crippen LogP contribution in [0.15, 0.2) is 36.5 Å². The molecule has 0 aliphatic carbocycles. The Balaban J connectivity index is 2.48. The van der Waals surface area contributed by atoms with Gasteiger partial charge in [-0.1, -0.05) is 12.1 Å². The van der Waals surface area contributed by atoms with Crippen LogP contribution in [-0.2, 0) is 0 Å². The first-order chi connectivity index (χ1) is 6.36. The molecule has 1 radical (unpaired) electrons. The van der Waals surface area contributed by atoms with Crippen molar-refractivity contribution in [3.8, 4) is 17.1 Å². The van der Waals surface area contributed by atoms with Crippen molar-refractivity contribution in [1.29, 1.82) is 0 Å². The molecule has 3 nitrogen and oxygen atoms in total. The normalized spacial score (nSPS) is 9.85. The van der Waals surface area contributed by atoms with Crippen molar-refractivity contribution < 1.29 is 5.11 Å². The van der Waals surface area contributed by atoms with Gasteiger partial charge in [-0.3, -0.25) is 0 Å². The van der Waals surface area contributed by atoms with E-state index in [1.165, 1.54) is 0 Å². The predicted molar refractivity (Wildman–Crippen MR) is 48.0 cm³/mol. The third-order valence-corrected chi connectivity index (χ3v) is 1.62. The lowest BCUT2D eigenvalue weighted by atomic mass is 10.2. The van der Waals surface area contributed by atoms with Crippen LogP contribution in [-0.4, -0.2) is 15.1 Å². The summed E-state index contributed by atoms with van der Waals surface area (Å²) in [6.07, 6.45) is 4.30. The molecule has 1 heterocycles. The molecule has 0 saturated heterocycles. The number of rotatable bonds is 1. The summed E-state index contributed by atoms with van der Waals surface area (Å²) in [4.78, 5) is 7.98. The van der Waals surface area contributed by atoms with Crippen LogP contribution in [0, 0.1) is 6.20 Å². The molecule has 0 aliphatic rings. The van der Waals surface area contributed by atoms with Crippen LogP contribution in [0.4, 0.5) is 0 Å². The van der Waals surface area contributed by atoms with Crippen LogP contribution in [0.25, 0.3) is 11.4 Å². The minimum Gasteiger partial charge on any atom is -0.508 e. The molecular weight excluding hydrogens is 164 g/mol. The number of hydrogen-bond acceptors (Lipinski definition) is 3. The molecule has 0 fully saturated rings. The number of nitrogens with zero attached hydrogens (tertiary/aromatic N) is 2. The molecule has 0 spiro atoms. The minimum atomic E-state index is 0.213. The Labute approximate surface area is 75.7 Å². The van der Waals surface area contributed by atoms with Crippen LogP contribution < -0.4 is 0 Å². The van der Waals surface area contributed by atoms with Gasteiger partial charge < -0.3 is 5.11 Å². The molecule has 13 heavy (non-hydrogen) atoms. The van der Waals surface area contributed by atoms with Gasteiger partial charge in [0, 0.05) is 11.8 Å². The van der Waals surface area contributed by atoms with E-state index < -0.39 is 0 Å². The summed E-state index contributed by atoms with van der Waals surface area (Å²) in [6, 6.07) is 8.44. The summed E-state index contributed by atoms with van der Waals surface area (Å²) in [5.41, 5.74) is 0.789. The minimum absolute atomic E-state index is 0.213. The Morgan fingerprint density at radius 3 is 2.92 bits per heavy atom. The molecule has 0 saturated carbocycles. The number of phenols is 1. The lowest BCUT2D eigenvalue weighted by molar-refractivity contribution is 0.475. The maximum absolute atomic E-state index is 9.21. The van der Waals surface area contributed by atoms with E-state index >= 15 is 0 Å². The monoisotopic (exact) mass is 171 g/mol. The lowest BCUT2D eigenvalue weighted by Gasteiger charge is -1.98. The smallest absolute Gasteiger partial charge is 0.159 e. The van der Waals surface area contributed by atoms with Crippen LogP contribution in [0.2, 0.25) is 0 Å². The number of phenolic OH excluding ortho intramolecular Hbond substituents is 1. The number of hydrogen-bond donors (Lipinski definition) is 1. The first kappa shape index (κ1) is 7.73. The first-order valence-corrected chi connectivity index (χ1v) is 3.85. The molecule has 3 heteroatoms. The summed E-state index contributed by atoms with van der Waals surface area (Å²) in [7, 11) is 0. The maximum Gasteiger partial charge on any atom is 0.159 e. The quantitative estimate of drug-likeness (QED) is 0.709. The van der Waals surface area contributed by atoms with Crippen LogP contribution >= 0.6 is 0 Å². The summed E-state index contributed by atoms with van der Waals surface area (Å²) >= 11 is 0. The number of aromatic nitrogens is 2. The molecule has 63 valence electrons. The second-order valence-corrected chi connectivity index (χ2v) is 2.56. The molecule has 0 amide bonds. The highest BCUT2D eigenvalue weighted by Gasteiger charge is 1.99. The fraction of sp³-hybridized carbons (Fsp3) is 0. The fourth-order valence-electron chi connectivity index (χ4n) is 1.05. The standard InChI is InChI=1S/C10H7N2O/c13-9-4-1-3-8(7-9)10-11-5-2-6-12-10/h1-5,7,13H. The van der Waals surface area contributed by atoms with Crippen molar-refractivity contribution in [3.63, 3.8) is 0 Å². The second-order valence-electron chi connectivity index (χ2n) is 2.56. The lowest BCUT2D eigenvalue weighted by Crippen LogP contribution is -1.85. The second kappa shape index (κ2) is 3.23. The molecule has 1 N–H and O–H groups in total. The van der Waals surface area contributed by atoms with E-state index in [-0.39, 0.29) is 5.75 Å². The van der Waals surface area contributed by atoms with Crippen molar-refractivity contribution in [2.45, 2.75) is 0 Å². The van der Waals surface area contributed by atoms with Gasteiger partial charge in [0.1, 0.15) is 5.75 Å². The van der Waals surface area contributed by atoms with E-state index in [9.17, 15) is 5.11 Å². The Hall–Kier alpha value is -1.90. The summed E-state index contributed by atoms with van der Waals surface area (Å²) in [5, 5.41) is 9.21. The maximum atomic E-state index is 9.21. The van der Waals surface area contributed by atoms with Crippen LogP contribution in [0.1, 0.15) is 0 Å². The Morgan fingerprint density at radius 2 is 2.23 bits per heavy atom. The highest BCUT2D eigenvalue weighted by atomic mass is 16.3. The molecule has 2 aromatic rings. The van der Waals surface area contributed by atoms with Gasteiger partial charge in [0.2, 0.25) is 0 Å². The molecule has 2 rings (SSSR count). The van der Waals surface area contributed by atoms with Crippen molar-refractivity contribution >= 4 is 0 Å². The van der Waals surface area contributed by atoms with E-state index in [1.54, 1.807) is 30.5 Å². The van der Waals surface area contributed by atoms with Gasteiger partial charge in [-0.15, -0.1) is 0 Å². The molecule has 1 aromatic heterocycles. The Morgan fingerprint density at radius 1 is 1.31 bits per heavy atom. The van der Waals surface area contributed by atoms with E-state index in [0.29, 0.717) is 5.82 Å². The van der Waals surface area contributed by atoms with E-state index in [0.717, 1.165) is 5.56 Å². The van der Waals surface area contributed by atoms with Crippen molar-refractivity contribution in [2.75, 3.05) is 0 Å². The zero-order valence-corrected chi connectivity index (χ0v) is 6.81. The zero-order chi connectivity index (χ0) is 9.10. The number of aromatic hydroxyl groups is 1.